The van der Waals surface area contributed by atoms with Crippen molar-refractivity contribution < 1.29 is 19.1 Å². The van der Waals surface area contributed by atoms with Gasteiger partial charge in [-0.25, -0.2) is 9.31 Å². The van der Waals surface area contributed by atoms with Crippen molar-refractivity contribution in [1.29, 1.82) is 0 Å². The summed E-state index contributed by atoms with van der Waals surface area (Å²) in [6.45, 7) is 11.0. The highest BCUT2D eigenvalue weighted by atomic mass is 16.6. The number of aromatic nitrogens is 3. The number of nitrogens with one attached hydrogen (secondary N) is 1. The molecule has 2 aromatic heterocycles. The summed E-state index contributed by atoms with van der Waals surface area (Å²) in [7, 11) is 0. The Morgan fingerprint density at radius 3 is 2.44 bits per heavy atom. The molecule has 3 aliphatic heterocycles. The molecule has 2 atom stereocenters. The Labute approximate surface area is 252 Å². The van der Waals surface area contributed by atoms with Crippen LogP contribution in [0.15, 0.2) is 48.7 Å². The van der Waals surface area contributed by atoms with Crippen molar-refractivity contribution in [2.75, 3.05) is 51.2 Å². The molecule has 2 fully saturated rings. The number of carbonyl (C=O) groups excluding carboxylic acids is 2. The van der Waals surface area contributed by atoms with E-state index in [0.29, 0.717) is 43.7 Å². The lowest BCUT2D eigenvalue weighted by atomic mass is 10.0. The number of likely N-dealkylation sites (tertiary alicyclic amines) is 1. The summed E-state index contributed by atoms with van der Waals surface area (Å²) in [6.07, 6.45) is 6.86. The maximum absolute atomic E-state index is 13.3. The molecule has 1 aromatic carbocycles. The highest BCUT2D eigenvalue weighted by molar-refractivity contribution is 5.94. The van der Waals surface area contributed by atoms with Crippen molar-refractivity contribution in [1.82, 2.24) is 29.3 Å². The van der Waals surface area contributed by atoms with Gasteiger partial charge in [0.05, 0.1) is 18.8 Å². The number of benzene rings is 1. The van der Waals surface area contributed by atoms with E-state index >= 15 is 0 Å². The summed E-state index contributed by atoms with van der Waals surface area (Å²) in [6, 6.07) is 12.0. The first-order valence-corrected chi connectivity index (χ1v) is 15.4. The van der Waals surface area contributed by atoms with Crippen molar-refractivity contribution in [3.05, 3.63) is 59.8 Å². The molecule has 0 spiro atoms. The van der Waals surface area contributed by atoms with Gasteiger partial charge in [0.15, 0.2) is 5.65 Å². The third-order valence-electron chi connectivity index (χ3n) is 8.55. The standard InChI is InChI=1S/C32H41N7O4/c1-4-42-32(41)37-16-11-24(12-17-37)28-6-5-15-39-29(28)34-31(35-39)33-26-9-7-25(8-10-26)30(40)36-18-13-27(14-19-36)38-20-22(2)43-23(3)21-38/h5-11,15,22-23,27H,4,12-14,16-21H2,1-3H3,(H,33,35). The van der Waals surface area contributed by atoms with E-state index in [-0.39, 0.29) is 24.2 Å². The topological polar surface area (TPSA) is 105 Å². The molecule has 5 heterocycles. The number of amides is 2. The molecule has 3 aromatic rings. The Morgan fingerprint density at radius 2 is 1.77 bits per heavy atom. The summed E-state index contributed by atoms with van der Waals surface area (Å²) < 4.78 is 12.8. The van der Waals surface area contributed by atoms with E-state index in [1.807, 2.05) is 54.4 Å². The van der Waals surface area contributed by atoms with Gasteiger partial charge in [0.1, 0.15) is 0 Å². The quantitative estimate of drug-likeness (QED) is 0.452. The number of pyridine rings is 1. The fourth-order valence-electron chi connectivity index (χ4n) is 6.46. The molecule has 2 unspecified atom stereocenters. The minimum Gasteiger partial charge on any atom is -0.450 e. The molecule has 2 amide bonds. The molecule has 2 saturated heterocycles. The molecule has 6 rings (SSSR count). The normalized spacial score (nSPS) is 22.0. The average Bonchev–Trinajstić information content (AvgIpc) is 3.43. The van der Waals surface area contributed by atoms with Gasteiger partial charge in [0.25, 0.3) is 5.91 Å². The lowest BCUT2D eigenvalue weighted by Crippen LogP contribution is -2.53. The number of carbonyl (C=O) groups is 2. The van der Waals surface area contributed by atoms with Gasteiger partial charge in [-0.2, -0.15) is 4.98 Å². The Morgan fingerprint density at radius 1 is 1.02 bits per heavy atom. The van der Waals surface area contributed by atoms with Gasteiger partial charge >= 0.3 is 6.09 Å². The molecule has 0 saturated carbocycles. The molecule has 0 bridgehead atoms. The molecule has 3 aliphatic rings. The third-order valence-corrected chi connectivity index (χ3v) is 8.55. The van der Waals surface area contributed by atoms with Gasteiger partial charge in [-0.05, 0) is 82.0 Å². The molecule has 11 heteroatoms. The van der Waals surface area contributed by atoms with Crippen LogP contribution < -0.4 is 5.32 Å². The molecule has 1 N–H and O–H groups in total. The number of hydrogen-bond donors (Lipinski definition) is 1. The van der Waals surface area contributed by atoms with Gasteiger partial charge in [0, 0.05) is 68.3 Å². The number of rotatable bonds is 6. The minimum atomic E-state index is -0.282. The van der Waals surface area contributed by atoms with Crippen molar-refractivity contribution >= 4 is 34.9 Å². The van der Waals surface area contributed by atoms with E-state index in [0.717, 1.165) is 61.5 Å². The Kier molecular flexibility index (Phi) is 8.62. The number of hydrogen-bond acceptors (Lipinski definition) is 8. The zero-order valence-electron chi connectivity index (χ0n) is 25.2. The Balaban J connectivity index is 1.07. The molecule has 0 radical (unpaired) electrons. The maximum Gasteiger partial charge on any atom is 0.410 e. The van der Waals surface area contributed by atoms with Crippen LogP contribution >= 0.6 is 0 Å². The van der Waals surface area contributed by atoms with Gasteiger partial charge in [-0.1, -0.05) is 6.08 Å². The molecular formula is C32H41N7O4. The van der Waals surface area contributed by atoms with Crippen molar-refractivity contribution in [2.24, 2.45) is 0 Å². The summed E-state index contributed by atoms with van der Waals surface area (Å²) in [5.41, 5.74) is 4.37. The summed E-state index contributed by atoms with van der Waals surface area (Å²) in [5, 5.41) is 7.89. The van der Waals surface area contributed by atoms with Gasteiger partial charge < -0.3 is 24.6 Å². The zero-order chi connectivity index (χ0) is 29.9. The fourth-order valence-corrected chi connectivity index (χ4v) is 6.46. The van der Waals surface area contributed by atoms with Crippen LogP contribution in [-0.4, -0.2) is 105 Å². The minimum absolute atomic E-state index is 0.0755. The van der Waals surface area contributed by atoms with Crippen LogP contribution in [0.1, 0.15) is 56.0 Å². The average molecular weight is 588 g/mol. The second-order valence-corrected chi connectivity index (χ2v) is 11.7. The zero-order valence-corrected chi connectivity index (χ0v) is 25.2. The SMILES string of the molecule is CCOC(=O)N1CC=C(c2cccn3nc(Nc4ccc(C(=O)N5CCC(N6CC(C)OC(C)C6)CC5)cc4)nc23)CC1. The Hall–Kier alpha value is -3.96. The number of piperidine rings is 1. The predicted octanol–water partition coefficient (Wildman–Crippen LogP) is 4.43. The Bertz CT molecular complexity index is 1470. The molecular weight excluding hydrogens is 546 g/mol. The van der Waals surface area contributed by atoms with Crippen LogP contribution in [-0.2, 0) is 9.47 Å². The van der Waals surface area contributed by atoms with Crippen LogP contribution in [0, 0.1) is 0 Å². The lowest BCUT2D eigenvalue weighted by Gasteiger charge is -2.43. The first-order chi connectivity index (χ1) is 20.9. The van der Waals surface area contributed by atoms with Gasteiger partial charge in [0.2, 0.25) is 5.95 Å². The number of anilines is 2. The van der Waals surface area contributed by atoms with E-state index in [1.54, 1.807) is 9.42 Å². The summed E-state index contributed by atoms with van der Waals surface area (Å²) in [5.74, 6) is 0.552. The number of nitrogens with zero attached hydrogens (tertiary/aromatic N) is 6. The van der Waals surface area contributed by atoms with Crippen LogP contribution in [0.5, 0.6) is 0 Å². The highest BCUT2D eigenvalue weighted by Crippen LogP contribution is 2.27. The number of fused-ring (bicyclic) bond motifs is 1. The summed E-state index contributed by atoms with van der Waals surface area (Å²) in [4.78, 5) is 36.3. The molecule has 0 aliphatic carbocycles. The van der Waals surface area contributed by atoms with Gasteiger partial charge in [-0.3, -0.25) is 9.69 Å². The lowest BCUT2D eigenvalue weighted by molar-refractivity contribution is -0.0856. The smallest absolute Gasteiger partial charge is 0.410 e. The molecule has 43 heavy (non-hydrogen) atoms. The van der Waals surface area contributed by atoms with Crippen LogP contribution in [0.25, 0.3) is 11.2 Å². The van der Waals surface area contributed by atoms with Crippen LogP contribution in [0.3, 0.4) is 0 Å². The van der Waals surface area contributed by atoms with Crippen molar-refractivity contribution in [3.8, 4) is 0 Å². The molecule has 228 valence electrons. The monoisotopic (exact) mass is 587 g/mol. The van der Waals surface area contributed by atoms with E-state index in [9.17, 15) is 9.59 Å². The third kappa shape index (κ3) is 6.52. The van der Waals surface area contributed by atoms with Crippen molar-refractivity contribution in [2.45, 2.75) is 58.3 Å². The van der Waals surface area contributed by atoms with Crippen LogP contribution in [0.2, 0.25) is 0 Å². The fraction of sp³-hybridized carbons (Fsp3) is 0.500. The highest BCUT2D eigenvalue weighted by Gasteiger charge is 2.32. The second kappa shape index (κ2) is 12.7. The second-order valence-electron chi connectivity index (χ2n) is 11.7. The van der Waals surface area contributed by atoms with Crippen molar-refractivity contribution in [3.63, 3.8) is 0 Å². The van der Waals surface area contributed by atoms with Crippen LogP contribution in [0.4, 0.5) is 16.4 Å². The maximum atomic E-state index is 13.3. The largest absolute Gasteiger partial charge is 0.450 e. The van der Waals surface area contributed by atoms with E-state index in [2.05, 4.69) is 35.2 Å². The van der Waals surface area contributed by atoms with E-state index in [4.69, 9.17) is 14.5 Å². The molecule has 11 nitrogen and oxygen atoms in total. The number of morpholine rings is 1. The predicted molar refractivity (Wildman–Crippen MR) is 164 cm³/mol. The van der Waals surface area contributed by atoms with E-state index in [1.165, 1.54) is 0 Å². The van der Waals surface area contributed by atoms with E-state index < -0.39 is 0 Å². The van der Waals surface area contributed by atoms with Gasteiger partial charge in [-0.15, -0.1) is 5.10 Å². The first-order valence-electron chi connectivity index (χ1n) is 15.4. The number of ether oxygens (including phenoxy) is 2. The first kappa shape index (κ1) is 29.1. The summed E-state index contributed by atoms with van der Waals surface area (Å²) >= 11 is 0.